The fourth-order valence-electron chi connectivity index (χ4n) is 2.10. The minimum absolute atomic E-state index is 0.186. The molecule has 0 fully saturated rings. The third kappa shape index (κ3) is 3.95. The molecule has 0 bridgehead atoms. The molecule has 3 aromatic rings. The molecule has 124 valence electrons. The number of aromatic nitrogens is 2. The van der Waals surface area contributed by atoms with Crippen molar-refractivity contribution in [1.29, 1.82) is 0 Å². The summed E-state index contributed by atoms with van der Waals surface area (Å²) < 4.78 is 36.7. The molecule has 0 spiro atoms. The van der Waals surface area contributed by atoms with Crippen molar-refractivity contribution >= 4 is 27.1 Å². The lowest BCUT2D eigenvalue weighted by atomic mass is 10.1. The maximum Gasteiger partial charge on any atom is 0.226 e. The van der Waals surface area contributed by atoms with Gasteiger partial charge >= 0.3 is 0 Å². The minimum Gasteiger partial charge on any atom is -0.349 e. The summed E-state index contributed by atoms with van der Waals surface area (Å²) in [5, 5.41) is 4.94. The highest BCUT2D eigenvalue weighted by molar-refractivity contribution is 7.90. The fraction of sp³-hybridized carbons (Fsp3) is 0.125. The topological polar surface area (TPSA) is 72.0 Å². The SMILES string of the molecule is CS(=O)(=O)c1ccc(-c2cc([18F])nc(NCc3cccs3)n2)cc1. The predicted octanol–water partition coefficient (Wildman–Crippen LogP) is 3.36. The molecule has 0 unspecified atom stereocenters. The van der Waals surface area contributed by atoms with E-state index in [9.17, 15) is 12.8 Å². The van der Waals surface area contributed by atoms with Gasteiger partial charge in [-0.25, -0.2) is 13.4 Å². The molecule has 1 N–H and O–H groups in total. The normalized spacial score (nSPS) is 11.4. The van der Waals surface area contributed by atoms with Gasteiger partial charge in [-0.1, -0.05) is 18.2 Å². The molecule has 0 saturated carbocycles. The molecule has 0 atom stereocenters. The van der Waals surface area contributed by atoms with E-state index >= 15 is 0 Å². The zero-order valence-corrected chi connectivity index (χ0v) is 14.4. The van der Waals surface area contributed by atoms with Crippen molar-refractivity contribution in [3.8, 4) is 11.3 Å². The van der Waals surface area contributed by atoms with Crippen molar-refractivity contribution in [3.05, 3.63) is 58.7 Å². The number of thiophene rings is 1. The van der Waals surface area contributed by atoms with Crippen LogP contribution in [0.4, 0.5) is 10.3 Å². The van der Waals surface area contributed by atoms with Crippen LogP contribution in [0.25, 0.3) is 11.3 Å². The van der Waals surface area contributed by atoms with Gasteiger partial charge in [0.25, 0.3) is 0 Å². The second kappa shape index (κ2) is 6.66. The van der Waals surface area contributed by atoms with Gasteiger partial charge in [-0.15, -0.1) is 11.3 Å². The van der Waals surface area contributed by atoms with Crippen LogP contribution in [0.1, 0.15) is 4.88 Å². The lowest BCUT2D eigenvalue weighted by Gasteiger charge is -2.07. The average Bonchev–Trinajstić information content (AvgIpc) is 3.05. The van der Waals surface area contributed by atoms with Crippen LogP contribution in [-0.4, -0.2) is 24.6 Å². The lowest BCUT2D eigenvalue weighted by molar-refractivity contribution is 0.582. The summed E-state index contributed by atoms with van der Waals surface area (Å²) in [7, 11) is -3.27. The van der Waals surface area contributed by atoms with E-state index in [1.807, 2.05) is 17.5 Å². The van der Waals surface area contributed by atoms with E-state index in [0.29, 0.717) is 17.8 Å². The van der Waals surface area contributed by atoms with Gasteiger partial charge in [0.1, 0.15) is 0 Å². The second-order valence-corrected chi connectivity index (χ2v) is 8.18. The molecule has 2 aromatic heterocycles. The van der Waals surface area contributed by atoms with E-state index in [2.05, 4.69) is 15.3 Å². The van der Waals surface area contributed by atoms with Crippen LogP contribution in [0.5, 0.6) is 0 Å². The average molecular weight is 362 g/mol. The monoisotopic (exact) mass is 362 g/mol. The van der Waals surface area contributed by atoms with Crippen LogP contribution < -0.4 is 5.32 Å². The van der Waals surface area contributed by atoms with Gasteiger partial charge < -0.3 is 5.32 Å². The molecule has 24 heavy (non-hydrogen) atoms. The molecule has 0 radical (unpaired) electrons. The number of hydrogen-bond acceptors (Lipinski definition) is 6. The maximum absolute atomic E-state index is 13.8. The number of nitrogens with one attached hydrogen (secondary N) is 1. The van der Waals surface area contributed by atoms with Crippen molar-refractivity contribution in [3.63, 3.8) is 0 Å². The van der Waals surface area contributed by atoms with Crippen molar-refractivity contribution < 1.29 is 12.8 Å². The van der Waals surface area contributed by atoms with Gasteiger partial charge in [0.05, 0.1) is 17.1 Å². The summed E-state index contributed by atoms with van der Waals surface area (Å²) >= 11 is 1.58. The molecule has 0 aliphatic rings. The van der Waals surface area contributed by atoms with Gasteiger partial charge in [0.15, 0.2) is 9.84 Å². The Morgan fingerprint density at radius 1 is 1.17 bits per heavy atom. The van der Waals surface area contributed by atoms with Crippen LogP contribution in [0.3, 0.4) is 0 Å². The van der Waals surface area contributed by atoms with Crippen LogP contribution in [0.15, 0.2) is 52.7 Å². The molecule has 0 aliphatic carbocycles. The van der Waals surface area contributed by atoms with E-state index in [1.54, 1.807) is 23.5 Å². The van der Waals surface area contributed by atoms with Crippen molar-refractivity contribution in [2.75, 3.05) is 11.6 Å². The van der Waals surface area contributed by atoms with Crippen molar-refractivity contribution in [2.45, 2.75) is 11.4 Å². The Labute approximate surface area is 143 Å². The Balaban J connectivity index is 1.85. The zero-order chi connectivity index (χ0) is 17.2. The molecular weight excluding hydrogens is 348 g/mol. The van der Waals surface area contributed by atoms with Crippen LogP contribution >= 0.6 is 11.3 Å². The van der Waals surface area contributed by atoms with E-state index in [-0.39, 0.29) is 10.8 Å². The molecule has 3 rings (SSSR count). The molecule has 0 saturated heterocycles. The molecule has 5 nitrogen and oxygen atoms in total. The van der Waals surface area contributed by atoms with Crippen molar-refractivity contribution in [1.82, 2.24) is 9.97 Å². The Hall–Kier alpha value is -2.32. The number of sulfone groups is 1. The van der Waals surface area contributed by atoms with Gasteiger partial charge in [-0.3, -0.25) is 0 Å². The summed E-state index contributed by atoms with van der Waals surface area (Å²) in [4.78, 5) is 9.31. The standard InChI is InChI=1S/C16H14FN3O2S2/c1-24(21,22)13-6-4-11(5-7-13)14-9-15(17)20-16(19-14)18-10-12-3-2-8-23-12/h2-9H,10H2,1H3,(H,18,19,20)/i17-1. The summed E-state index contributed by atoms with van der Waals surface area (Å²) in [6.07, 6.45) is 1.14. The largest absolute Gasteiger partial charge is 0.349 e. The predicted molar refractivity (Wildman–Crippen MR) is 92.2 cm³/mol. The number of anilines is 1. The summed E-state index contributed by atoms with van der Waals surface area (Å²) in [6, 6.07) is 11.3. The second-order valence-electron chi connectivity index (χ2n) is 5.13. The Morgan fingerprint density at radius 3 is 2.54 bits per heavy atom. The summed E-state index contributed by atoms with van der Waals surface area (Å²) in [6.45, 7) is 0.508. The first-order valence-electron chi connectivity index (χ1n) is 7.03. The first-order valence-corrected chi connectivity index (χ1v) is 9.80. The Morgan fingerprint density at radius 2 is 1.92 bits per heavy atom. The number of hydrogen-bond donors (Lipinski definition) is 1. The quantitative estimate of drug-likeness (QED) is 0.705. The highest BCUT2D eigenvalue weighted by atomic mass is 32.2. The van der Waals surface area contributed by atoms with Gasteiger partial charge in [0, 0.05) is 22.8 Å². The molecule has 0 amide bonds. The van der Waals surface area contributed by atoms with E-state index in [0.717, 1.165) is 11.1 Å². The van der Waals surface area contributed by atoms with E-state index < -0.39 is 15.8 Å². The molecular formula is C16H14FN3O2S2. The molecule has 1 aromatic carbocycles. The number of benzene rings is 1. The van der Waals surface area contributed by atoms with E-state index in [4.69, 9.17) is 0 Å². The number of halogens is 1. The summed E-state index contributed by atoms with van der Waals surface area (Å²) in [5.74, 6) is -0.466. The number of rotatable bonds is 5. The fourth-order valence-corrected chi connectivity index (χ4v) is 3.37. The lowest BCUT2D eigenvalue weighted by Crippen LogP contribution is -2.04. The minimum atomic E-state index is -3.27. The number of nitrogens with zero attached hydrogens (tertiary/aromatic N) is 2. The Kier molecular flexibility index (Phi) is 4.59. The maximum atomic E-state index is 13.8. The van der Waals surface area contributed by atoms with Crippen LogP contribution in [0.2, 0.25) is 0 Å². The first-order chi connectivity index (χ1) is 11.4. The van der Waals surface area contributed by atoms with Crippen LogP contribution in [0, 0.1) is 5.95 Å². The third-order valence-corrected chi connectivity index (χ3v) is 5.28. The Bertz CT molecular complexity index is 940. The summed E-state index contributed by atoms with van der Waals surface area (Å²) in [5.41, 5.74) is 0.999. The highest BCUT2D eigenvalue weighted by Crippen LogP contribution is 2.21. The van der Waals surface area contributed by atoms with Gasteiger partial charge in [-0.05, 0) is 23.6 Å². The van der Waals surface area contributed by atoms with Crippen LogP contribution in [-0.2, 0) is 16.4 Å². The van der Waals surface area contributed by atoms with Gasteiger partial charge in [-0.2, -0.15) is 9.37 Å². The molecule has 0 aliphatic heterocycles. The van der Waals surface area contributed by atoms with E-state index in [1.165, 1.54) is 18.2 Å². The smallest absolute Gasteiger partial charge is 0.226 e. The first kappa shape index (κ1) is 16.5. The highest BCUT2D eigenvalue weighted by Gasteiger charge is 2.10. The van der Waals surface area contributed by atoms with Crippen molar-refractivity contribution in [2.24, 2.45) is 0 Å². The zero-order valence-electron chi connectivity index (χ0n) is 12.7. The third-order valence-electron chi connectivity index (χ3n) is 3.27. The molecule has 2 heterocycles. The molecule has 8 heteroatoms. The van der Waals surface area contributed by atoms with Gasteiger partial charge in [0.2, 0.25) is 11.9 Å².